The lowest BCUT2D eigenvalue weighted by Crippen LogP contribution is -2.52. The van der Waals surface area contributed by atoms with Gasteiger partial charge in [-0.25, -0.2) is 0 Å². The molecule has 2 fully saturated rings. The van der Waals surface area contributed by atoms with E-state index in [-0.39, 0.29) is 42.8 Å². The fourth-order valence-electron chi connectivity index (χ4n) is 3.57. The Balaban J connectivity index is 0.00000182. The Hall–Kier alpha value is -1.05. The predicted octanol–water partition coefficient (Wildman–Crippen LogP) is 2.17. The Kier molecular flexibility index (Phi) is 11.0. The molecule has 27 heavy (non-hydrogen) atoms. The van der Waals surface area contributed by atoms with Crippen LogP contribution in [0.5, 0.6) is 5.75 Å². The van der Waals surface area contributed by atoms with Gasteiger partial charge in [0, 0.05) is 13.1 Å². The number of likely N-dealkylation sites (tertiary alicyclic amines) is 1. The van der Waals surface area contributed by atoms with Crippen molar-refractivity contribution in [1.29, 1.82) is 0 Å². The predicted molar refractivity (Wildman–Crippen MR) is 111 cm³/mol. The normalized spacial score (nSPS) is 21.3. The van der Waals surface area contributed by atoms with E-state index in [0.717, 1.165) is 25.4 Å². The lowest BCUT2D eigenvalue weighted by molar-refractivity contribution is -0.126. The van der Waals surface area contributed by atoms with Gasteiger partial charge in [0.25, 0.3) is 0 Å². The van der Waals surface area contributed by atoms with Gasteiger partial charge in [-0.2, -0.15) is 0 Å². The summed E-state index contributed by atoms with van der Waals surface area (Å²) in [5, 5.41) is 6.33. The number of carbonyl (C=O) groups is 1. The third kappa shape index (κ3) is 6.80. The topological polar surface area (TPSA) is 62.8 Å². The number of rotatable bonds is 6. The van der Waals surface area contributed by atoms with Crippen LogP contribution < -0.4 is 15.4 Å². The smallest absolute Gasteiger partial charge is 0.239 e. The average Bonchev–Trinajstić information content (AvgIpc) is 2.70. The van der Waals surface area contributed by atoms with E-state index in [1.54, 1.807) is 7.11 Å². The highest BCUT2D eigenvalue weighted by Gasteiger charge is 2.25. The lowest BCUT2D eigenvalue weighted by Gasteiger charge is -2.35. The summed E-state index contributed by atoms with van der Waals surface area (Å²) < 4.78 is 10.7. The van der Waals surface area contributed by atoms with E-state index < -0.39 is 0 Å². The Bertz CT molecular complexity index is 548. The van der Waals surface area contributed by atoms with Crippen LogP contribution in [-0.4, -0.2) is 63.4 Å². The second-order valence-electron chi connectivity index (χ2n) is 6.71. The number of nitrogens with one attached hydrogen (secondary N) is 2. The van der Waals surface area contributed by atoms with Crippen LogP contribution >= 0.6 is 24.8 Å². The molecule has 0 bridgehead atoms. The van der Waals surface area contributed by atoms with Crippen LogP contribution in [0.15, 0.2) is 24.3 Å². The highest BCUT2D eigenvalue weighted by Crippen LogP contribution is 2.25. The van der Waals surface area contributed by atoms with Crippen molar-refractivity contribution >= 4 is 30.7 Å². The first kappa shape index (κ1) is 24.0. The molecule has 154 valence electrons. The van der Waals surface area contributed by atoms with E-state index in [9.17, 15) is 4.79 Å². The first-order chi connectivity index (χ1) is 12.3. The van der Waals surface area contributed by atoms with Gasteiger partial charge in [0.1, 0.15) is 11.8 Å². The zero-order valence-electron chi connectivity index (χ0n) is 15.8. The standard InChI is InChI=1S/C19H29N3O3.2ClH/c1-24-16-7-5-15(6-8-16)18(22-10-3-2-4-11-22)13-21-19(23)17-14-25-12-9-20-17;;/h5-8,17-18,20H,2-4,9-14H2,1H3,(H,21,23);2*1H. The van der Waals surface area contributed by atoms with E-state index in [4.69, 9.17) is 9.47 Å². The van der Waals surface area contributed by atoms with Crippen molar-refractivity contribution in [2.24, 2.45) is 0 Å². The molecule has 2 heterocycles. The second-order valence-corrected chi connectivity index (χ2v) is 6.71. The van der Waals surface area contributed by atoms with Crippen molar-refractivity contribution in [3.05, 3.63) is 29.8 Å². The van der Waals surface area contributed by atoms with Gasteiger partial charge in [0.2, 0.25) is 5.91 Å². The number of methoxy groups -OCH3 is 1. The monoisotopic (exact) mass is 419 g/mol. The quantitative estimate of drug-likeness (QED) is 0.739. The fourth-order valence-corrected chi connectivity index (χ4v) is 3.57. The summed E-state index contributed by atoms with van der Waals surface area (Å²) in [7, 11) is 1.68. The van der Waals surface area contributed by atoms with Crippen LogP contribution in [0.2, 0.25) is 0 Å². The molecule has 1 aromatic carbocycles. The molecule has 0 saturated carbocycles. The number of benzene rings is 1. The zero-order chi connectivity index (χ0) is 17.5. The molecule has 0 radical (unpaired) electrons. The number of hydrogen-bond acceptors (Lipinski definition) is 5. The Morgan fingerprint density at radius 2 is 1.96 bits per heavy atom. The molecule has 6 nitrogen and oxygen atoms in total. The molecule has 2 N–H and O–H groups in total. The highest BCUT2D eigenvalue weighted by atomic mass is 35.5. The van der Waals surface area contributed by atoms with Crippen LogP contribution in [0.25, 0.3) is 0 Å². The van der Waals surface area contributed by atoms with E-state index in [0.29, 0.717) is 19.8 Å². The average molecular weight is 420 g/mol. The summed E-state index contributed by atoms with van der Waals surface area (Å²) in [6.45, 7) is 4.62. The van der Waals surface area contributed by atoms with Crippen molar-refractivity contribution in [2.45, 2.75) is 31.3 Å². The molecule has 2 atom stereocenters. The van der Waals surface area contributed by atoms with Crippen molar-refractivity contribution in [3.8, 4) is 5.75 Å². The van der Waals surface area contributed by atoms with Crippen molar-refractivity contribution in [2.75, 3.05) is 46.5 Å². The first-order valence-corrected chi connectivity index (χ1v) is 9.25. The van der Waals surface area contributed by atoms with Gasteiger partial charge in [-0.05, 0) is 43.6 Å². The molecule has 1 amide bonds. The van der Waals surface area contributed by atoms with Gasteiger partial charge in [0.05, 0.1) is 26.4 Å². The third-order valence-corrected chi connectivity index (χ3v) is 5.04. The molecule has 0 spiro atoms. The molecule has 3 rings (SSSR count). The van der Waals surface area contributed by atoms with E-state index in [1.807, 2.05) is 12.1 Å². The molecule has 2 unspecified atom stereocenters. The van der Waals surface area contributed by atoms with Gasteiger partial charge in [0.15, 0.2) is 0 Å². The summed E-state index contributed by atoms with van der Waals surface area (Å²) in [5.41, 5.74) is 1.22. The summed E-state index contributed by atoms with van der Waals surface area (Å²) in [6, 6.07) is 8.14. The molecule has 2 aliphatic heterocycles. The lowest BCUT2D eigenvalue weighted by atomic mass is 10.0. The van der Waals surface area contributed by atoms with Gasteiger partial charge in [-0.1, -0.05) is 18.6 Å². The van der Waals surface area contributed by atoms with E-state index in [1.165, 1.54) is 24.8 Å². The number of halogens is 2. The molecular formula is C19H31Cl2N3O3. The molecule has 8 heteroatoms. The third-order valence-electron chi connectivity index (χ3n) is 5.04. The minimum absolute atomic E-state index is 0. The largest absolute Gasteiger partial charge is 0.497 e. The van der Waals surface area contributed by atoms with Crippen LogP contribution in [-0.2, 0) is 9.53 Å². The number of nitrogens with zero attached hydrogens (tertiary/aromatic N) is 1. The van der Waals surface area contributed by atoms with E-state index >= 15 is 0 Å². The Morgan fingerprint density at radius 3 is 2.56 bits per heavy atom. The van der Waals surface area contributed by atoms with Gasteiger partial charge < -0.3 is 20.1 Å². The fraction of sp³-hybridized carbons (Fsp3) is 0.632. The molecule has 2 aliphatic rings. The zero-order valence-corrected chi connectivity index (χ0v) is 17.4. The van der Waals surface area contributed by atoms with Crippen molar-refractivity contribution < 1.29 is 14.3 Å². The Morgan fingerprint density at radius 1 is 1.26 bits per heavy atom. The summed E-state index contributed by atoms with van der Waals surface area (Å²) in [6.07, 6.45) is 3.73. The summed E-state index contributed by atoms with van der Waals surface area (Å²) in [4.78, 5) is 14.9. The Labute approximate surface area is 174 Å². The van der Waals surface area contributed by atoms with Gasteiger partial charge in [-0.15, -0.1) is 24.8 Å². The van der Waals surface area contributed by atoms with Crippen LogP contribution in [0.4, 0.5) is 0 Å². The summed E-state index contributed by atoms with van der Waals surface area (Å²) >= 11 is 0. The molecular weight excluding hydrogens is 389 g/mol. The SMILES string of the molecule is COc1ccc(C(CNC(=O)C2COCCN2)N2CCCCC2)cc1.Cl.Cl. The number of amides is 1. The molecule has 2 saturated heterocycles. The van der Waals surface area contributed by atoms with E-state index in [2.05, 4.69) is 27.7 Å². The van der Waals surface area contributed by atoms with Crippen molar-refractivity contribution in [1.82, 2.24) is 15.5 Å². The second kappa shape index (κ2) is 12.4. The highest BCUT2D eigenvalue weighted by molar-refractivity contribution is 5.85. The molecule has 0 aliphatic carbocycles. The van der Waals surface area contributed by atoms with Gasteiger partial charge in [-0.3, -0.25) is 9.69 Å². The van der Waals surface area contributed by atoms with Crippen LogP contribution in [0.3, 0.4) is 0 Å². The molecule has 0 aromatic heterocycles. The van der Waals surface area contributed by atoms with Crippen LogP contribution in [0, 0.1) is 0 Å². The van der Waals surface area contributed by atoms with Gasteiger partial charge >= 0.3 is 0 Å². The van der Waals surface area contributed by atoms with Crippen LogP contribution in [0.1, 0.15) is 30.9 Å². The minimum atomic E-state index is -0.244. The number of carbonyl (C=O) groups excluding carboxylic acids is 1. The maximum Gasteiger partial charge on any atom is 0.239 e. The number of morpholine rings is 1. The maximum absolute atomic E-state index is 12.4. The summed E-state index contributed by atoms with van der Waals surface area (Å²) in [5.74, 6) is 0.879. The number of piperidine rings is 1. The number of hydrogen-bond donors (Lipinski definition) is 2. The first-order valence-electron chi connectivity index (χ1n) is 9.25. The maximum atomic E-state index is 12.4. The molecule has 1 aromatic rings. The minimum Gasteiger partial charge on any atom is -0.497 e. The number of ether oxygens (including phenoxy) is 2. The van der Waals surface area contributed by atoms with Crippen molar-refractivity contribution in [3.63, 3.8) is 0 Å².